The predicted molar refractivity (Wildman–Crippen MR) is 87.5 cm³/mol. The Morgan fingerprint density at radius 1 is 1.00 bits per heavy atom. The molecular weight excluding hydrogens is 415 g/mol. The molecule has 1 unspecified atom stereocenters. The monoisotopic (exact) mass is 422 g/mol. The van der Waals surface area contributed by atoms with E-state index in [2.05, 4.69) is 37.3 Å². The first kappa shape index (κ1) is 15.3. The van der Waals surface area contributed by atoms with Crippen LogP contribution in [0.5, 0.6) is 0 Å². The third kappa shape index (κ3) is 3.72. The van der Waals surface area contributed by atoms with Crippen LogP contribution >= 0.6 is 55.1 Å². The van der Waals surface area contributed by atoms with E-state index in [0.717, 1.165) is 20.1 Å². The van der Waals surface area contributed by atoms with E-state index in [1.807, 2.05) is 24.3 Å². The number of nitrogens with two attached hydrogens (primary N) is 1. The van der Waals surface area contributed by atoms with E-state index in [9.17, 15) is 0 Å². The summed E-state index contributed by atoms with van der Waals surface area (Å²) in [5.41, 5.74) is 4.59. The van der Waals surface area contributed by atoms with Gasteiger partial charge in [-0.1, -0.05) is 55.1 Å². The molecule has 0 aliphatic carbocycles. The molecular formula is C13H10Br2Cl2N2. The number of rotatable bonds is 3. The van der Waals surface area contributed by atoms with Gasteiger partial charge in [0, 0.05) is 19.0 Å². The number of hydrazine groups is 1. The van der Waals surface area contributed by atoms with Gasteiger partial charge in [0.2, 0.25) is 0 Å². The first-order valence-corrected chi connectivity index (χ1v) is 7.72. The predicted octanol–water partition coefficient (Wildman–Crippen LogP) is 5.07. The summed E-state index contributed by atoms with van der Waals surface area (Å²) in [6.07, 6.45) is 0. The van der Waals surface area contributed by atoms with Crippen LogP contribution in [-0.2, 0) is 0 Å². The molecule has 2 nitrogen and oxygen atoms in total. The molecule has 0 saturated heterocycles. The second-order valence-electron chi connectivity index (χ2n) is 3.97. The summed E-state index contributed by atoms with van der Waals surface area (Å²) < 4.78 is 1.91. The van der Waals surface area contributed by atoms with Crippen LogP contribution in [0.2, 0.25) is 10.0 Å². The minimum absolute atomic E-state index is 0.236. The normalized spacial score (nSPS) is 12.5. The lowest BCUT2D eigenvalue weighted by Crippen LogP contribution is -2.29. The topological polar surface area (TPSA) is 38.0 Å². The summed E-state index contributed by atoms with van der Waals surface area (Å²) in [7, 11) is 0. The van der Waals surface area contributed by atoms with Gasteiger partial charge in [-0.25, -0.2) is 5.43 Å². The van der Waals surface area contributed by atoms with E-state index in [1.165, 1.54) is 0 Å². The van der Waals surface area contributed by atoms with Crippen LogP contribution in [0.15, 0.2) is 45.3 Å². The molecule has 0 aliphatic heterocycles. The van der Waals surface area contributed by atoms with Crippen molar-refractivity contribution in [3.05, 3.63) is 66.5 Å². The van der Waals surface area contributed by atoms with Crippen LogP contribution in [-0.4, -0.2) is 0 Å². The molecule has 0 heterocycles. The lowest BCUT2D eigenvalue weighted by atomic mass is 9.99. The van der Waals surface area contributed by atoms with Gasteiger partial charge in [0.15, 0.2) is 0 Å². The van der Waals surface area contributed by atoms with Crippen molar-refractivity contribution in [3.8, 4) is 0 Å². The highest BCUT2D eigenvalue weighted by molar-refractivity contribution is 9.11. The highest BCUT2D eigenvalue weighted by Gasteiger charge is 2.17. The molecule has 2 aromatic rings. The Bertz CT molecular complexity index is 585. The first-order valence-electron chi connectivity index (χ1n) is 5.38. The molecule has 2 aromatic carbocycles. The SMILES string of the molecule is NNC(c1cc(Br)cc(Br)c1)c1cc(Cl)ccc1Cl. The van der Waals surface area contributed by atoms with Crippen molar-refractivity contribution < 1.29 is 0 Å². The Morgan fingerprint density at radius 3 is 2.21 bits per heavy atom. The summed E-state index contributed by atoms with van der Waals surface area (Å²) in [6, 6.07) is 11.0. The fourth-order valence-electron chi connectivity index (χ4n) is 1.84. The largest absolute Gasteiger partial charge is 0.271 e. The molecule has 100 valence electrons. The summed E-state index contributed by atoms with van der Waals surface area (Å²) in [5, 5.41) is 1.23. The summed E-state index contributed by atoms with van der Waals surface area (Å²) >= 11 is 19.2. The lowest BCUT2D eigenvalue weighted by molar-refractivity contribution is 0.636. The number of halogens is 4. The highest BCUT2D eigenvalue weighted by atomic mass is 79.9. The van der Waals surface area contributed by atoms with Gasteiger partial charge in [0.25, 0.3) is 0 Å². The zero-order valence-electron chi connectivity index (χ0n) is 9.63. The molecule has 1 atom stereocenters. The van der Waals surface area contributed by atoms with Crippen LogP contribution in [0.4, 0.5) is 0 Å². The van der Waals surface area contributed by atoms with Crippen molar-refractivity contribution in [2.75, 3.05) is 0 Å². The average molecular weight is 425 g/mol. The molecule has 0 fully saturated rings. The molecule has 6 heteroatoms. The molecule has 0 radical (unpaired) electrons. The van der Waals surface area contributed by atoms with Crippen molar-refractivity contribution in [1.29, 1.82) is 0 Å². The third-order valence-electron chi connectivity index (χ3n) is 2.65. The zero-order chi connectivity index (χ0) is 14.0. The van der Waals surface area contributed by atoms with Gasteiger partial charge in [-0.2, -0.15) is 0 Å². The lowest BCUT2D eigenvalue weighted by Gasteiger charge is -2.19. The smallest absolute Gasteiger partial charge is 0.0725 e. The minimum Gasteiger partial charge on any atom is -0.271 e. The van der Waals surface area contributed by atoms with Gasteiger partial charge in [-0.3, -0.25) is 5.84 Å². The van der Waals surface area contributed by atoms with Gasteiger partial charge >= 0.3 is 0 Å². The molecule has 19 heavy (non-hydrogen) atoms. The van der Waals surface area contributed by atoms with Gasteiger partial charge < -0.3 is 0 Å². The van der Waals surface area contributed by atoms with E-state index >= 15 is 0 Å². The highest BCUT2D eigenvalue weighted by Crippen LogP contribution is 2.32. The number of hydrogen-bond acceptors (Lipinski definition) is 2. The molecule has 3 N–H and O–H groups in total. The van der Waals surface area contributed by atoms with Crippen molar-refractivity contribution in [2.24, 2.45) is 5.84 Å². The number of hydrogen-bond donors (Lipinski definition) is 2. The maximum Gasteiger partial charge on any atom is 0.0725 e. The van der Waals surface area contributed by atoms with Crippen LogP contribution in [0.3, 0.4) is 0 Å². The Labute approximate surface area is 138 Å². The Kier molecular flexibility index (Phi) is 5.29. The number of nitrogens with one attached hydrogen (secondary N) is 1. The van der Waals surface area contributed by atoms with E-state index < -0.39 is 0 Å². The average Bonchev–Trinajstić information content (AvgIpc) is 2.33. The standard InChI is InChI=1S/C13H10Br2Cl2N2/c14-8-3-7(4-9(15)5-8)13(19-18)11-6-10(16)1-2-12(11)17/h1-6,13,19H,18H2. The Hall–Kier alpha value is -0.100. The second kappa shape index (κ2) is 6.57. The van der Waals surface area contributed by atoms with E-state index in [-0.39, 0.29) is 6.04 Å². The molecule has 0 amide bonds. The quantitative estimate of drug-likeness (QED) is 0.533. The van der Waals surface area contributed by atoms with Crippen LogP contribution in [0.25, 0.3) is 0 Å². The Morgan fingerprint density at radius 2 is 1.63 bits per heavy atom. The van der Waals surface area contributed by atoms with Crippen molar-refractivity contribution in [1.82, 2.24) is 5.43 Å². The molecule has 2 rings (SSSR count). The Balaban J connectivity index is 2.52. The third-order valence-corrected chi connectivity index (χ3v) is 4.15. The van der Waals surface area contributed by atoms with Crippen molar-refractivity contribution in [2.45, 2.75) is 6.04 Å². The number of benzene rings is 2. The summed E-state index contributed by atoms with van der Waals surface area (Å²) in [5.74, 6) is 5.67. The van der Waals surface area contributed by atoms with Crippen LogP contribution in [0, 0.1) is 0 Å². The van der Waals surface area contributed by atoms with Crippen molar-refractivity contribution >= 4 is 55.1 Å². The molecule has 0 spiro atoms. The van der Waals surface area contributed by atoms with Crippen LogP contribution in [0.1, 0.15) is 17.2 Å². The maximum atomic E-state index is 6.22. The minimum atomic E-state index is -0.236. The maximum absolute atomic E-state index is 6.22. The fourth-order valence-corrected chi connectivity index (χ4v) is 3.58. The van der Waals surface area contributed by atoms with Gasteiger partial charge in [-0.05, 0) is 47.5 Å². The van der Waals surface area contributed by atoms with Gasteiger partial charge in [-0.15, -0.1) is 0 Å². The van der Waals surface area contributed by atoms with Gasteiger partial charge in [0.05, 0.1) is 6.04 Å². The summed E-state index contributed by atoms with van der Waals surface area (Å²) in [6.45, 7) is 0. The molecule has 0 aliphatic rings. The second-order valence-corrected chi connectivity index (χ2v) is 6.64. The van der Waals surface area contributed by atoms with E-state index in [0.29, 0.717) is 10.0 Å². The van der Waals surface area contributed by atoms with Gasteiger partial charge in [0.1, 0.15) is 0 Å². The zero-order valence-corrected chi connectivity index (χ0v) is 14.3. The fraction of sp³-hybridized carbons (Fsp3) is 0.0769. The summed E-state index contributed by atoms with van der Waals surface area (Å²) in [4.78, 5) is 0. The van der Waals surface area contributed by atoms with Crippen molar-refractivity contribution in [3.63, 3.8) is 0 Å². The van der Waals surface area contributed by atoms with E-state index in [4.69, 9.17) is 29.0 Å². The molecule has 0 saturated carbocycles. The van der Waals surface area contributed by atoms with E-state index in [1.54, 1.807) is 12.1 Å². The molecule has 0 aromatic heterocycles. The first-order chi connectivity index (χ1) is 9.01. The van der Waals surface area contributed by atoms with Crippen LogP contribution < -0.4 is 11.3 Å². The molecule has 0 bridgehead atoms.